The van der Waals surface area contributed by atoms with Crippen molar-refractivity contribution in [2.75, 3.05) is 14.2 Å². The summed E-state index contributed by atoms with van der Waals surface area (Å²) in [5.41, 5.74) is 3.25. The molecule has 1 amide bonds. The van der Waals surface area contributed by atoms with Gasteiger partial charge in [-0.25, -0.2) is 0 Å². The summed E-state index contributed by atoms with van der Waals surface area (Å²) in [5, 5.41) is 2.85. The zero-order chi connectivity index (χ0) is 17.9. The monoisotopic (exact) mass is 330 g/mol. The first-order valence-electron chi connectivity index (χ1n) is 7.58. The molecule has 0 atom stereocenters. The molecule has 6 heteroatoms. The van der Waals surface area contributed by atoms with E-state index in [1.54, 1.807) is 34.1 Å². The number of methoxy groups -OCH3 is 2. The van der Waals surface area contributed by atoms with Crippen molar-refractivity contribution in [3.05, 3.63) is 46.3 Å². The minimum absolute atomic E-state index is 0.0554. The maximum absolute atomic E-state index is 12.4. The lowest BCUT2D eigenvalue weighted by Crippen LogP contribution is -2.24. The van der Waals surface area contributed by atoms with E-state index in [1.807, 2.05) is 12.1 Å². The van der Waals surface area contributed by atoms with Crippen molar-refractivity contribution in [3.63, 3.8) is 0 Å². The van der Waals surface area contributed by atoms with Crippen molar-refractivity contribution in [1.29, 1.82) is 0 Å². The summed E-state index contributed by atoms with van der Waals surface area (Å²) >= 11 is 0. The molecule has 0 aliphatic carbocycles. The van der Waals surface area contributed by atoms with Crippen LogP contribution >= 0.6 is 0 Å². The van der Waals surface area contributed by atoms with Crippen molar-refractivity contribution in [1.82, 2.24) is 10.3 Å². The van der Waals surface area contributed by atoms with Gasteiger partial charge in [0.1, 0.15) is 5.69 Å². The summed E-state index contributed by atoms with van der Waals surface area (Å²) in [5.74, 6) is 0.933. The number of hydrogen-bond acceptors (Lipinski definition) is 4. The number of ether oxygens (including phenoxy) is 2. The van der Waals surface area contributed by atoms with E-state index in [4.69, 9.17) is 9.47 Å². The Hall–Kier alpha value is -2.76. The summed E-state index contributed by atoms with van der Waals surface area (Å²) in [6, 6.07) is 5.46. The highest BCUT2D eigenvalue weighted by Gasteiger charge is 2.19. The Morgan fingerprint density at radius 2 is 1.79 bits per heavy atom. The van der Waals surface area contributed by atoms with Crippen molar-refractivity contribution < 1.29 is 19.1 Å². The van der Waals surface area contributed by atoms with E-state index in [0.29, 0.717) is 40.6 Å². The smallest absolute Gasteiger partial charge is 0.268 e. The van der Waals surface area contributed by atoms with E-state index in [9.17, 15) is 9.59 Å². The van der Waals surface area contributed by atoms with Crippen LogP contribution in [0.4, 0.5) is 0 Å². The molecule has 128 valence electrons. The minimum atomic E-state index is -0.252. The molecular weight excluding hydrogens is 308 g/mol. The van der Waals surface area contributed by atoms with E-state index in [2.05, 4.69) is 10.3 Å². The van der Waals surface area contributed by atoms with Crippen molar-refractivity contribution in [2.45, 2.75) is 27.3 Å². The maximum Gasteiger partial charge on any atom is 0.268 e. The Morgan fingerprint density at radius 3 is 2.33 bits per heavy atom. The first kappa shape index (κ1) is 17.6. The molecule has 24 heavy (non-hydrogen) atoms. The quantitative estimate of drug-likeness (QED) is 0.798. The lowest BCUT2D eigenvalue weighted by molar-refractivity contribution is 0.0945. The van der Waals surface area contributed by atoms with Crippen LogP contribution < -0.4 is 14.8 Å². The molecule has 1 aromatic heterocycles. The van der Waals surface area contributed by atoms with Gasteiger partial charge >= 0.3 is 0 Å². The molecule has 2 N–H and O–H groups in total. The van der Waals surface area contributed by atoms with Crippen LogP contribution in [-0.4, -0.2) is 30.9 Å². The number of amides is 1. The van der Waals surface area contributed by atoms with Gasteiger partial charge in [-0.2, -0.15) is 0 Å². The summed E-state index contributed by atoms with van der Waals surface area (Å²) in [4.78, 5) is 27.0. The van der Waals surface area contributed by atoms with Crippen molar-refractivity contribution in [3.8, 4) is 11.5 Å². The highest BCUT2D eigenvalue weighted by molar-refractivity contribution is 6.02. The van der Waals surface area contributed by atoms with Gasteiger partial charge in [0.25, 0.3) is 5.91 Å². The predicted molar refractivity (Wildman–Crippen MR) is 91.0 cm³/mol. The lowest BCUT2D eigenvalue weighted by atomic mass is 10.1. The van der Waals surface area contributed by atoms with Gasteiger partial charge in [-0.3, -0.25) is 9.59 Å². The number of nitrogens with one attached hydrogen (secondary N) is 2. The lowest BCUT2D eigenvalue weighted by Gasteiger charge is -2.10. The summed E-state index contributed by atoms with van der Waals surface area (Å²) in [6.07, 6.45) is 0. The Morgan fingerprint density at radius 1 is 1.12 bits per heavy atom. The van der Waals surface area contributed by atoms with Crippen LogP contribution in [0.25, 0.3) is 0 Å². The topological polar surface area (TPSA) is 80.4 Å². The molecule has 0 aliphatic rings. The molecule has 2 rings (SSSR count). The Kier molecular flexibility index (Phi) is 5.28. The molecule has 1 aromatic carbocycles. The molecule has 0 bridgehead atoms. The van der Waals surface area contributed by atoms with Crippen LogP contribution in [-0.2, 0) is 6.54 Å². The van der Waals surface area contributed by atoms with Crippen LogP contribution in [0.15, 0.2) is 18.2 Å². The zero-order valence-corrected chi connectivity index (χ0v) is 14.6. The Balaban J connectivity index is 2.14. The van der Waals surface area contributed by atoms with E-state index < -0.39 is 0 Å². The number of carbonyl (C=O) groups is 2. The Labute approximate surface area is 141 Å². The molecule has 0 saturated heterocycles. The first-order valence-corrected chi connectivity index (χ1v) is 7.58. The molecule has 0 unspecified atom stereocenters. The standard InChI is InChI=1S/C18H22N2O4/c1-10-16(12(3)21)11(2)20-17(10)18(22)19-9-13-6-7-14(23-4)15(8-13)24-5/h6-8,20H,9H2,1-5H3,(H,19,22). The number of rotatable bonds is 6. The zero-order valence-electron chi connectivity index (χ0n) is 14.6. The van der Waals surface area contributed by atoms with Gasteiger partial charge in [0.05, 0.1) is 14.2 Å². The van der Waals surface area contributed by atoms with Gasteiger partial charge in [-0.05, 0) is 44.0 Å². The van der Waals surface area contributed by atoms with Crippen molar-refractivity contribution >= 4 is 11.7 Å². The van der Waals surface area contributed by atoms with Gasteiger partial charge in [-0.1, -0.05) is 6.07 Å². The van der Waals surface area contributed by atoms with Crippen molar-refractivity contribution in [2.24, 2.45) is 0 Å². The average Bonchev–Trinajstić information content (AvgIpc) is 2.86. The number of carbonyl (C=O) groups excluding carboxylic acids is 2. The summed E-state index contributed by atoms with van der Waals surface area (Å²) < 4.78 is 10.4. The highest BCUT2D eigenvalue weighted by atomic mass is 16.5. The van der Waals surface area contributed by atoms with Gasteiger partial charge in [0.15, 0.2) is 17.3 Å². The number of H-pyrrole nitrogens is 1. The molecule has 0 radical (unpaired) electrons. The van der Waals surface area contributed by atoms with E-state index in [1.165, 1.54) is 6.92 Å². The number of Topliss-reactive ketones (excluding diaryl/α,β-unsaturated/α-hetero) is 1. The molecular formula is C18H22N2O4. The maximum atomic E-state index is 12.4. The Bertz CT molecular complexity index is 778. The fourth-order valence-corrected chi connectivity index (χ4v) is 2.77. The molecule has 0 fully saturated rings. The van der Waals surface area contributed by atoms with Crippen LogP contribution in [0.1, 0.15) is 44.6 Å². The number of ketones is 1. The number of aromatic amines is 1. The van der Waals surface area contributed by atoms with Gasteiger partial charge < -0.3 is 19.8 Å². The molecule has 1 heterocycles. The second kappa shape index (κ2) is 7.21. The third-order valence-corrected chi connectivity index (χ3v) is 3.92. The summed E-state index contributed by atoms with van der Waals surface area (Å²) in [7, 11) is 3.14. The molecule has 0 saturated carbocycles. The second-order valence-electron chi connectivity index (χ2n) is 5.55. The van der Waals surface area contributed by atoms with E-state index in [0.717, 1.165) is 5.56 Å². The predicted octanol–water partition coefficient (Wildman–Crippen LogP) is 2.78. The second-order valence-corrected chi connectivity index (χ2v) is 5.55. The SMILES string of the molecule is COc1ccc(CNC(=O)c2[nH]c(C)c(C(C)=O)c2C)cc1OC. The van der Waals surface area contributed by atoms with Gasteiger partial charge in [-0.15, -0.1) is 0 Å². The minimum Gasteiger partial charge on any atom is -0.493 e. The first-order chi connectivity index (χ1) is 11.4. The van der Waals surface area contributed by atoms with Crippen LogP contribution in [0.3, 0.4) is 0 Å². The third-order valence-electron chi connectivity index (χ3n) is 3.92. The van der Waals surface area contributed by atoms with Gasteiger partial charge in [0.2, 0.25) is 0 Å². The third kappa shape index (κ3) is 3.42. The van der Waals surface area contributed by atoms with Crippen LogP contribution in [0.5, 0.6) is 11.5 Å². The largest absolute Gasteiger partial charge is 0.493 e. The number of aromatic nitrogens is 1. The molecule has 6 nitrogen and oxygen atoms in total. The highest BCUT2D eigenvalue weighted by Crippen LogP contribution is 2.27. The molecule has 2 aromatic rings. The fraction of sp³-hybridized carbons (Fsp3) is 0.333. The normalized spacial score (nSPS) is 10.4. The van der Waals surface area contributed by atoms with Crippen LogP contribution in [0, 0.1) is 13.8 Å². The van der Waals surface area contributed by atoms with E-state index >= 15 is 0 Å². The summed E-state index contributed by atoms with van der Waals surface area (Å²) in [6.45, 7) is 5.39. The molecule has 0 spiro atoms. The fourth-order valence-electron chi connectivity index (χ4n) is 2.77. The van der Waals surface area contributed by atoms with E-state index in [-0.39, 0.29) is 11.7 Å². The van der Waals surface area contributed by atoms with Crippen LogP contribution in [0.2, 0.25) is 0 Å². The average molecular weight is 330 g/mol. The number of aryl methyl sites for hydroxylation is 1. The molecule has 0 aliphatic heterocycles. The number of hydrogen-bond donors (Lipinski definition) is 2. The van der Waals surface area contributed by atoms with Gasteiger partial charge in [0, 0.05) is 17.8 Å². The number of benzene rings is 1.